The summed E-state index contributed by atoms with van der Waals surface area (Å²) in [5, 5.41) is 2.65. The van der Waals surface area contributed by atoms with E-state index >= 15 is 0 Å². The van der Waals surface area contributed by atoms with Gasteiger partial charge in [0.25, 0.3) is 5.56 Å². The molecule has 0 atom stereocenters. The molecule has 2 rings (SSSR count). The zero-order valence-electron chi connectivity index (χ0n) is 8.53. The van der Waals surface area contributed by atoms with Crippen LogP contribution in [0.25, 0.3) is 11.3 Å². The van der Waals surface area contributed by atoms with Gasteiger partial charge in [0, 0.05) is 12.6 Å². The number of halogens is 1. The van der Waals surface area contributed by atoms with Crippen LogP contribution in [0.1, 0.15) is 10.4 Å². The van der Waals surface area contributed by atoms with Gasteiger partial charge in [0.05, 0.1) is 5.69 Å². The van der Waals surface area contributed by atoms with Crippen molar-refractivity contribution in [1.82, 2.24) is 9.78 Å². The number of carbonyl (C=O) groups is 1. The van der Waals surface area contributed by atoms with Gasteiger partial charge in [0.1, 0.15) is 11.4 Å². The van der Waals surface area contributed by atoms with Gasteiger partial charge in [0.15, 0.2) is 6.29 Å². The predicted octanol–water partition coefficient (Wildman–Crippen LogP) is 1.33. The van der Waals surface area contributed by atoms with E-state index in [2.05, 4.69) is 5.10 Å². The predicted molar refractivity (Wildman–Crippen MR) is 56.8 cm³/mol. The SMILES string of the molecule is Cn1[nH]c(-c2ccccc2F)c(C=O)c1=O. The number of aldehydes is 1. The molecule has 2 aromatic rings. The van der Waals surface area contributed by atoms with E-state index in [1.54, 1.807) is 12.1 Å². The Hall–Kier alpha value is -2.17. The van der Waals surface area contributed by atoms with Crippen molar-refractivity contribution in [1.29, 1.82) is 0 Å². The van der Waals surface area contributed by atoms with Crippen molar-refractivity contribution in [3.63, 3.8) is 0 Å². The zero-order chi connectivity index (χ0) is 11.7. The number of nitrogens with zero attached hydrogens (tertiary/aromatic N) is 1. The number of aromatic nitrogens is 2. The second-order valence-corrected chi connectivity index (χ2v) is 3.36. The average Bonchev–Trinajstić information content (AvgIpc) is 2.56. The van der Waals surface area contributed by atoms with Crippen LogP contribution in [-0.4, -0.2) is 16.1 Å². The maximum absolute atomic E-state index is 13.5. The van der Waals surface area contributed by atoms with Gasteiger partial charge >= 0.3 is 0 Å². The molecule has 82 valence electrons. The normalized spacial score (nSPS) is 10.4. The van der Waals surface area contributed by atoms with Crippen LogP contribution in [0, 0.1) is 5.82 Å². The van der Waals surface area contributed by atoms with Crippen LogP contribution >= 0.6 is 0 Å². The Kier molecular flexibility index (Phi) is 2.44. The lowest BCUT2D eigenvalue weighted by atomic mass is 10.1. The van der Waals surface area contributed by atoms with Gasteiger partial charge in [-0.2, -0.15) is 0 Å². The van der Waals surface area contributed by atoms with Gasteiger partial charge in [0.2, 0.25) is 0 Å². The lowest BCUT2D eigenvalue weighted by molar-refractivity contribution is 0.112. The molecule has 4 nitrogen and oxygen atoms in total. The second-order valence-electron chi connectivity index (χ2n) is 3.36. The molecule has 1 heterocycles. The van der Waals surface area contributed by atoms with E-state index in [1.165, 1.54) is 19.2 Å². The molecule has 0 unspecified atom stereocenters. The first-order valence-corrected chi connectivity index (χ1v) is 4.64. The molecule has 0 bridgehead atoms. The maximum atomic E-state index is 13.5. The summed E-state index contributed by atoms with van der Waals surface area (Å²) in [5.74, 6) is -0.479. The molecule has 1 aromatic heterocycles. The van der Waals surface area contributed by atoms with E-state index in [4.69, 9.17) is 0 Å². The molecule has 0 saturated carbocycles. The van der Waals surface area contributed by atoms with Gasteiger partial charge in [-0.15, -0.1) is 0 Å². The summed E-state index contributed by atoms with van der Waals surface area (Å²) in [5.41, 5.74) is -0.108. The van der Waals surface area contributed by atoms with Crippen LogP contribution in [0.4, 0.5) is 4.39 Å². The number of H-pyrrole nitrogens is 1. The highest BCUT2D eigenvalue weighted by molar-refractivity contribution is 5.85. The summed E-state index contributed by atoms with van der Waals surface area (Å²) in [7, 11) is 1.47. The third-order valence-electron chi connectivity index (χ3n) is 2.34. The van der Waals surface area contributed by atoms with Crippen molar-refractivity contribution in [3.05, 3.63) is 46.0 Å². The molecule has 5 heteroatoms. The molecule has 0 amide bonds. The van der Waals surface area contributed by atoms with Gasteiger partial charge in [-0.05, 0) is 12.1 Å². The van der Waals surface area contributed by atoms with Crippen molar-refractivity contribution < 1.29 is 9.18 Å². The standard InChI is InChI=1S/C11H9FN2O2/c1-14-11(16)8(6-15)10(13-14)7-4-2-3-5-9(7)12/h2-6,13H,1H3. The molecule has 0 radical (unpaired) electrons. The fourth-order valence-corrected chi connectivity index (χ4v) is 1.54. The average molecular weight is 220 g/mol. The highest BCUT2D eigenvalue weighted by Crippen LogP contribution is 2.21. The second kappa shape index (κ2) is 3.77. The minimum absolute atomic E-state index is 0.0624. The number of benzene rings is 1. The largest absolute Gasteiger partial charge is 0.298 e. The van der Waals surface area contributed by atoms with Crippen molar-refractivity contribution in [2.24, 2.45) is 7.05 Å². The van der Waals surface area contributed by atoms with Gasteiger partial charge in [-0.1, -0.05) is 12.1 Å². The van der Waals surface area contributed by atoms with E-state index in [0.29, 0.717) is 6.29 Å². The number of aromatic amines is 1. The first-order chi connectivity index (χ1) is 7.65. The quantitative estimate of drug-likeness (QED) is 0.776. The monoisotopic (exact) mass is 220 g/mol. The fraction of sp³-hybridized carbons (Fsp3) is 0.0909. The van der Waals surface area contributed by atoms with Crippen molar-refractivity contribution >= 4 is 6.29 Å². The number of carbonyl (C=O) groups excluding carboxylic acids is 1. The molecule has 0 aliphatic heterocycles. The maximum Gasteiger partial charge on any atom is 0.277 e. The first-order valence-electron chi connectivity index (χ1n) is 4.64. The Labute approximate surface area is 90.3 Å². The summed E-state index contributed by atoms with van der Waals surface area (Å²) >= 11 is 0. The number of hydrogen-bond donors (Lipinski definition) is 1. The van der Waals surface area contributed by atoms with E-state index in [9.17, 15) is 14.0 Å². The molecule has 0 fully saturated rings. The molecule has 0 aliphatic carbocycles. The van der Waals surface area contributed by atoms with Crippen molar-refractivity contribution in [2.45, 2.75) is 0 Å². The van der Waals surface area contributed by atoms with Crippen LogP contribution in [0.3, 0.4) is 0 Å². The highest BCUT2D eigenvalue weighted by Gasteiger charge is 2.15. The Morgan fingerprint density at radius 3 is 2.69 bits per heavy atom. The summed E-state index contributed by atoms with van der Waals surface area (Å²) < 4.78 is 14.6. The molecule has 0 aliphatic rings. The third-order valence-corrected chi connectivity index (χ3v) is 2.34. The lowest BCUT2D eigenvalue weighted by Gasteiger charge is -2.00. The Bertz CT molecular complexity index is 598. The zero-order valence-corrected chi connectivity index (χ0v) is 8.53. The Balaban J connectivity index is 2.75. The lowest BCUT2D eigenvalue weighted by Crippen LogP contribution is -2.14. The summed E-state index contributed by atoms with van der Waals surface area (Å²) in [4.78, 5) is 22.3. The van der Waals surface area contributed by atoms with Crippen LogP contribution in [-0.2, 0) is 7.05 Å². The molecule has 1 N–H and O–H groups in total. The number of aryl methyl sites for hydroxylation is 1. The smallest absolute Gasteiger partial charge is 0.277 e. The molecular formula is C11H9FN2O2. The van der Waals surface area contributed by atoms with Gasteiger partial charge in [-0.3, -0.25) is 19.4 Å². The number of nitrogens with one attached hydrogen (secondary N) is 1. The summed E-state index contributed by atoms with van der Waals surface area (Å²) in [6.45, 7) is 0. The fourth-order valence-electron chi connectivity index (χ4n) is 1.54. The molecule has 0 spiro atoms. The topological polar surface area (TPSA) is 54.9 Å². The highest BCUT2D eigenvalue weighted by atomic mass is 19.1. The van der Waals surface area contributed by atoms with Crippen LogP contribution in [0.5, 0.6) is 0 Å². The number of rotatable bonds is 2. The minimum atomic E-state index is -0.479. The number of hydrogen-bond acceptors (Lipinski definition) is 2. The molecule has 1 aromatic carbocycles. The molecule has 16 heavy (non-hydrogen) atoms. The molecule has 0 saturated heterocycles. The summed E-state index contributed by atoms with van der Waals surface area (Å²) in [6.07, 6.45) is 0.431. The first kappa shape index (κ1) is 10.4. The Morgan fingerprint density at radius 1 is 1.38 bits per heavy atom. The molecular weight excluding hydrogens is 211 g/mol. The van der Waals surface area contributed by atoms with Crippen LogP contribution in [0.2, 0.25) is 0 Å². The van der Waals surface area contributed by atoms with Crippen LogP contribution in [0.15, 0.2) is 29.1 Å². The van der Waals surface area contributed by atoms with E-state index in [0.717, 1.165) is 4.68 Å². The van der Waals surface area contributed by atoms with Crippen molar-refractivity contribution in [2.75, 3.05) is 0 Å². The van der Waals surface area contributed by atoms with E-state index < -0.39 is 11.4 Å². The summed E-state index contributed by atoms with van der Waals surface area (Å²) in [6, 6.07) is 5.96. The van der Waals surface area contributed by atoms with E-state index in [-0.39, 0.29) is 16.8 Å². The van der Waals surface area contributed by atoms with Crippen LogP contribution < -0.4 is 5.56 Å². The third kappa shape index (κ3) is 1.46. The van der Waals surface area contributed by atoms with Gasteiger partial charge < -0.3 is 0 Å². The Morgan fingerprint density at radius 2 is 2.06 bits per heavy atom. The van der Waals surface area contributed by atoms with E-state index in [1.807, 2.05) is 0 Å². The van der Waals surface area contributed by atoms with Gasteiger partial charge in [-0.25, -0.2) is 4.39 Å². The minimum Gasteiger partial charge on any atom is -0.298 e. The van der Waals surface area contributed by atoms with Crippen molar-refractivity contribution in [3.8, 4) is 11.3 Å².